The summed E-state index contributed by atoms with van der Waals surface area (Å²) < 4.78 is 13.0. The fourth-order valence-electron chi connectivity index (χ4n) is 9.03. The van der Waals surface area contributed by atoms with E-state index in [0.29, 0.717) is 35.0 Å². The Bertz CT molecular complexity index is 2050. The smallest absolute Gasteiger partial charge is 0.266 e. The second kappa shape index (κ2) is 13.0. The van der Waals surface area contributed by atoms with E-state index in [1.54, 1.807) is 26.8 Å². The Hall–Kier alpha value is -4.81. The third-order valence-corrected chi connectivity index (χ3v) is 13.9. The van der Waals surface area contributed by atoms with Gasteiger partial charge in [-0.15, -0.1) is 0 Å². The first-order valence-corrected chi connectivity index (χ1v) is 21.1. The number of benzene rings is 4. The van der Waals surface area contributed by atoms with Crippen LogP contribution >= 0.6 is 0 Å². The maximum atomic E-state index is 14.8. The number of anilines is 3. The number of carbonyl (C=O) groups excluding carboxylic acids is 3. The highest BCUT2D eigenvalue weighted by Crippen LogP contribution is 2.60. The van der Waals surface area contributed by atoms with Crippen molar-refractivity contribution in [1.82, 2.24) is 4.90 Å². The molecular weight excluding hydrogens is 675 g/mol. The van der Waals surface area contributed by atoms with Gasteiger partial charge < -0.3 is 29.2 Å². The Morgan fingerprint density at radius 2 is 1.58 bits per heavy atom. The number of para-hydroxylation sites is 4. The minimum Gasteiger partial charge on any atom is -0.454 e. The number of fused-ring (bicyclic) bond motifs is 4. The topological polar surface area (TPSA) is 120 Å². The third kappa shape index (κ3) is 5.45. The average Bonchev–Trinajstić information content (AvgIpc) is 3.77. The third-order valence-electron chi connectivity index (χ3n) is 11.4. The summed E-state index contributed by atoms with van der Waals surface area (Å²) in [5, 5.41) is 9.88. The van der Waals surface area contributed by atoms with E-state index in [1.165, 1.54) is 0 Å². The average molecular weight is 718 g/mol. The van der Waals surface area contributed by atoms with E-state index in [9.17, 15) is 24.3 Å². The molecule has 4 aromatic rings. The Morgan fingerprint density at radius 3 is 2.31 bits per heavy atom. The van der Waals surface area contributed by atoms with Gasteiger partial charge in [-0.25, -0.2) is 0 Å². The number of hydrogen-bond acceptors (Lipinski definition) is 7. The van der Waals surface area contributed by atoms with Crippen molar-refractivity contribution in [3.8, 4) is 11.5 Å². The standard InChI is InChI=1S/C41H43N3O7Si/c1-26-38(52(2,3)49)36(23-37(46)42-22-10-11-29(42)25-45)51-41(26)31-13-5-6-14-32(31)43(40(41)48)24-27-18-20-28(21-19-27)44-33-15-7-9-17-35(33)50-34-16-8-4-12-30(34)39(44)47/h4-9,12-21,26,29,36,38,45,49H,10-11,22-25H2,1-3H3/t26-,29-,36+,38-,41+/m0/s1. The molecule has 52 heavy (non-hydrogen) atoms. The molecule has 4 aromatic carbocycles. The molecule has 0 radical (unpaired) electrons. The van der Waals surface area contributed by atoms with E-state index in [-0.39, 0.29) is 48.9 Å². The predicted octanol–water partition coefficient (Wildman–Crippen LogP) is 6.49. The first-order valence-electron chi connectivity index (χ1n) is 18.0. The van der Waals surface area contributed by atoms with Crippen molar-refractivity contribution in [3.05, 3.63) is 114 Å². The molecule has 4 aliphatic rings. The summed E-state index contributed by atoms with van der Waals surface area (Å²) in [5.41, 5.74) is 2.32. The van der Waals surface area contributed by atoms with Crippen molar-refractivity contribution in [1.29, 1.82) is 0 Å². The number of aliphatic hydroxyl groups is 1. The van der Waals surface area contributed by atoms with Gasteiger partial charge in [-0.3, -0.25) is 19.3 Å². The molecule has 5 atom stereocenters. The second-order valence-electron chi connectivity index (χ2n) is 14.9. The quantitative estimate of drug-likeness (QED) is 0.210. The Kier molecular flexibility index (Phi) is 8.57. The van der Waals surface area contributed by atoms with Gasteiger partial charge in [-0.1, -0.05) is 61.5 Å². The molecule has 0 unspecified atom stereocenters. The Morgan fingerprint density at radius 1 is 0.904 bits per heavy atom. The summed E-state index contributed by atoms with van der Waals surface area (Å²) in [6, 6.07) is 29.7. The summed E-state index contributed by atoms with van der Waals surface area (Å²) in [5.74, 6) is 0.120. The van der Waals surface area contributed by atoms with Crippen LogP contribution in [0.1, 0.15) is 47.7 Å². The van der Waals surface area contributed by atoms with Gasteiger partial charge in [0.25, 0.3) is 11.8 Å². The van der Waals surface area contributed by atoms with Gasteiger partial charge in [-0.2, -0.15) is 0 Å². The first-order chi connectivity index (χ1) is 25.0. The maximum absolute atomic E-state index is 14.8. The maximum Gasteiger partial charge on any atom is 0.266 e. The molecule has 10 nitrogen and oxygen atoms in total. The van der Waals surface area contributed by atoms with Crippen molar-refractivity contribution < 1.29 is 33.8 Å². The molecule has 11 heteroatoms. The highest BCUT2D eigenvalue weighted by Gasteiger charge is 2.66. The predicted molar refractivity (Wildman–Crippen MR) is 199 cm³/mol. The Labute approximate surface area is 304 Å². The van der Waals surface area contributed by atoms with Crippen molar-refractivity contribution >= 4 is 43.1 Å². The number of aliphatic hydroxyl groups excluding tert-OH is 1. The molecule has 268 valence electrons. The minimum absolute atomic E-state index is 0.0367. The molecule has 2 fully saturated rings. The lowest BCUT2D eigenvalue weighted by molar-refractivity contribution is -0.150. The summed E-state index contributed by atoms with van der Waals surface area (Å²) in [6.45, 7) is 6.41. The zero-order chi connectivity index (χ0) is 36.4. The van der Waals surface area contributed by atoms with Crippen LogP contribution in [0.2, 0.25) is 18.6 Å². The highest BCUT2D eigenvalue weighted by molar-refractivity contribution is 6.71. The number of carbonyl (C=O) groups is 3. The van der Waals surface area contributed by atoms with Crippen LogP contribution in [0.3, 0.4) is 0 Å². The molecule has 4 aliphatic heterocycles. The normalized spacial score (nSPS) is 25.2. The van der Waals surface area contributed by atoms with Crippen LogP contribution in [-0.4, -0.2) is 66.1 Å². The van der Waals surface area contributed by atoms with Crippen LogP contribution in [0.25, 0.3) is 0 Å². The summed E-state index contributed by atoms with van der Waals surface area (Å²) in [6.07, 6.45) is 0.963. The molecule has 3 amide bonds. The van der Waals surface area contributed by atoms with Gasteiger partial charge in [0.15, 0.2) is 19.7 Å². The molecule has 2 saturated heterocycles. The van der Waals surface area contributed by atoms with E-state index < -0.39 is 25.9 Å². The molecular formula is C41H43N3O7Si. The number of nitrogens with zero attached hydrogens (tertiary/aromatic N) is 3. The van der Waals surface area contributed by atoms with E-state index in [0.717, 1.165) is 29.7 Å². The molecule has 1 spiro atoms. The highest BCUT2D eigenvalue weighted by atomic mass is 28.4. The van der Waals surface area contributed by atoms with Crippen molar-refractivity contribution in [2.24, 2.45) is 5.92 Å². The molecule has 0 saturated carbocycles. The van der Waals surface area contributed by atoms with E-state index in [1.807, 2.05) is 105 Å². The molecule has 0 aromatic heterocycles. The SMILES string of the molecule is C[C@H]1[C@H]([Si](C)(C)O)[C@@H](CC(=O)N2CCC[C@H]2CO)O[C@]12C(=O)N(Cc1ccc(N3C(=O)c4ccccc4Oc4ccccc43)cc1)c1ccccc12. The molecule has 4 heterocycles. The number of likely N-dealkylation sites (tertiary alicyclic amines) is 1. The number of hydrogen-bond donors (Lipinski definition) is 2. The zero-order valence-electron chi connectivity index (χ0n) is 29.6. The largest absolute Gasteiger partial charge is 0.454 e. The molecule has 0 aliphatic carbocycles. The van der Waals surface area contributed by atoms with Gasteiger partial charge in [-0.05, 0) is 74.0 Å². The fourth-order valence-corrected chi connectivity index (χ4v) is 11.6. The number of rotatable bonds is 7. The fraction of sp³-hybridized carbons (Fsp3) is 0.341. The zero-order valence-corrected chi connectivity index (χ0v) is 30.6. The van der Waals surface area contributed by atoms with Crippen LogP contribution in [0.15, 0.2) is 97.1 Å². The van der Waals surface area contributed by atoms with Crippen LogP contribution in [-0.2, 0) is 26.5 Å². The van der Waals surface area contributed by atoms with Crippen LogP contribution in [0, 0.1) is 5.92 Å². The van der Waals surface area contributed by atoms with Gasteiger partial charge in [0.1, 0.15) is 5.75 Å². The van der Waals surface area contributed by atoms with Crippen LogP contribution in [0.4, 0.5) is 17.1 Å². The van der Waals surface area contributed by atoms with Gasteiger partial charge >= 0.3 is 0 Å². The second-order valence-corrected chi connectivity index (χ2v) is 18.9. The lowest BCUT2D eigenvalue weighted by Gasteiger charge is -2.32. The van der Waals surface area contributed by atoms with Gasteiger partial charge in [0.2, 0.25) is 5.91 Å². The minimum atomic E-state index is -2.96. The van der Waals surface area contributed by atoms with Crippen molar-refractivity contribution in [2.75, 3.05) is 23.0 Å². The van der Waals surface area contributed by atoms with Crippen molar-refractivity contribution in [2.45, 2.75) is 69.1 Å². The lowest BCUT2D eigenvalue weighted by atomic mass is 9.82. The summed E-state index contributed by atoms with van der Waals surface area (Å²) in [4.78, 5) is 59.2. The molecule has 8 rings (SSSR count). The van der Waals surface area contributed by atoms with Gasteiger partial charge in [0, 0.05) is 29.3 Å². The lowest BCUT2D eigenvalue weighted by Crippen LogP contribution is -2.46. The molecule has 0 bridgehead atoms. The first kappa shape index (κ1) is 34.3. The number of amides is 3. The summed E-state index contributed by atoms with van der Waals surface area (Å²) >= 11 is 0. The van der Waals surface area contributed by atoms with Gasteiger partial charge in [0.05, 0.1) is 48.7 Å². The van der Waals surface area contributed by atoms with E-state index in [4.69, 9.17) is 9.47 Å². The monoisotopic (exact) mass is 717 g/mol. The van der Waals surface area contributed by atoms with E-state index in [2.05, 4.69) is 0 Å². The van der Waals surface area contributed by atoms with E-state index >= 15 is 0 Å². The van der Waals surface area contributed by atoms with Crippen LogP contribution < -0.4 is 14.5 Å². The number of ether oxygens (including phenoxy) is 2. The Balaban J connectivity index is 1.10. The van der Waals surface area contributed by atoms with Crippen molar-refractivity contribution in [3.63, 3.8) is 0 Å². The molecule has 2 N–H and O–H groups in total. The van der Waals surface area contributed by atoms with Crippen LogP contribution in [0.5, 0.6) is 11.5 Å². The summed E-state index contributed by atoms with van der Waals surface area (Å²) in [7, 11) is -2.96.